The molecule has 1 saturated heterocycles. The third-order valence-corrected chi connectivity index (χ3v) is 6.91. The highest BCUT2D eigenvalue weighted by Gasteiger charge is 2.22. The zero-order valence-corrected chi connectivity index (χ0v) is 18.9. The molecule has 7 heteroatoms. The molecule has 1 fully saturated rings. The second-order valence-electron chi connectivity index (χ2n) is 8.15. The molecular weight excluding hydrogens is 420 g/mol. The second-order valence-corrected chi connectivity index (χ2v) is 9.09. The molecule has 0 saturated carbocycles. The predicted octanol–water partition coefficient (Wildman–Crippen LogP) is 4.32. The third kappa shape index (κ3) is 4.69. The highest BCUT2D eigenvalue weighted by molar-refractivity contribution is 7.99. The van der Waals surface area contributed by atoms with Gasteiger partial charge in [-0.05, 0) is 62.1 Å². The van der Waals surface area contributed by atoms with E-state index in [9.17, 15) is 4.79 Å². The van der Waals surface area contributed by atoms with Crippen molar-refractivity contribution in [3.05, 3.63) is 66.0 Å². The van der Waals surface area contributed by atoms with Crippen LogP contribution in [0.1, 0.15) is 24.2 Å². The number of ether oxygens (including phenoxy) is 1. The summed E-state index contributed by atoms with van der Waals surface area (Å²) < 4.78 is 7.66. The Labute approximate surface area is 193 Å². The zero-order chi connectivity index (χ0) is 21.8. The van der Waals surface area contributed by atoms with Gasteiger partial charge in [0.15, 0.2) is 5.16 Å². The molecule has 2 heterocycles. The summed E-state index contributed by atoms with van der Waals surface area (Å²) in [6.45, 7) is 3.33. The van der Waals surface area contributed by atoms with E-state index >= 15 is 0 Å². The molecule has 1 aliphatic heterocycles. The number of benzene rings is 2. The average Bonchev–Trinajstić information content (AvgIpc) is 3.23. The summed E-state index contributed by atoms with van der Waals surface area (Å²) in [4.78, 5) is 19.9. The van der Waals surface area contributed by atoms with E-state index < -0.39 is 0 Å². The first-order valence-electron chi connectivity index (χ1n) is 11.3. The minimum atomic E-state index is -0.0188. The molecule has 3 aromatic rings. The van der Waals surface area contributed by atoms with Gasteiger partial charge in [-0.2, -0.15) is 0 Å². The Kier molecular flexibility index (Phi) is 6.46. The van der Waals surface area contributed by atoms with Crippen molar-refractivity contribution in [3.8, 4) is 5.69 Å². The first-order valence-corrected chi connectivity index (χ1v) is 12.3. The molecule has 0 atom stereocenters. The molecule has 166 valence electrons. The van der Waals surface area contributed by atoms with E-state index in [0.717, 1.165) is 61.4 Å². The van der Waals surface area contributed by atoms with Crippen LogP contribution in [0, 0.1) is 0 Å². The Bertz CT molecular complexity index is 1060. The van der Waals surface area contributed by atoms with E-state index in [0.29, 0.717) is 5.75 Å². The molecule has 0 spiro atoms. The van der Waals surface area contributed by atoms with Crippen LogP contribution >= 0.6 is 11.8 Å². The van der Waals surface area contributed by atoms with E-state index in [-0.39, 0.29) is 5.91 Å². The number of morpholine rings is 1. The number of hydrogen-bond acceptors (Lipinski definition) is 5. The van der Waals surface area contributed by atoms with Gasteiger partial charge in [-0.15, -0.1) is 0 Å². The molecule has 1 amide bonds. The fraction of sp³-hybridized carbons (Fsp3) is 0.360. The molecule has 5 rings (SSSR count). The maximum absolute atomic E-state index is 12.7. The number of aromatic nitrogens is 2. The van der Waals surface area contributed by atoms with Crippen LogP contribution in [-0.4, -0.2) is 47.5 Å². The van der Waals surface area contributed by atoms with Gasteiger partial charge < -0.3 is 15.0 Å². The van der Waals surface area contributed by atoms with Gasteiger partial charge in [-0.3, -0.25) is 9.36 Å². The number of anilines is 2. The van der Waals surface area contributed by atoms with Crippen molar-refractivity contribution in [1.82, 2.24) is 9.55 Å². The van der Waals surface area contributed by atoms with Gasteiger partial charge in [0.05, 0.1) is 24.7 Å². The number of imidazole rings is 1. The zero-order valence-electron chi connectivity index (χ0n) is 18.1. The first-order chi connectivity index (χ1) is 15.8. The summed E-state index contributed by atoms with van der Waals surface area (Å²) >= 11 is 1.51. The molecular formula is C25H28N4O2S. The van der Waals surface area contributed by atoms with Crippen LogP contribution < -0.4 is 10.2 Å². The fourth-order valence-electron chi connectivity index (χ4n) is 4.36. The van der Waals surface area contributed by atoms with E-state index in [1.165, 1.54) is 36.0 Å². The van der Waals surface area contributed by atoms with Crippen molar-refractivity contribution in [1.29, 1.82) is 0 Å². The van der Waals surface area contributed by atoms with Crippen molar-refractivity contribution < 1.29 is 9.53 Å². The molecule has 2 aromatic carbocycles. The lowest BCUT2D eigenvalue weighted by Crippen LogP contribution is -2.36. The number of amides is 1. The van der Waals surface area contributed by atoms with E-state index in [4.69, 9.17) is 9.72 Å². The number of thioether (sulfide) groups is 1. The Balaban J connectivity index is 1.25. The maximum Gasteiger partial charge on any atom is 0.234 e. The van der Waals surface area contributed by atoms with Gasteiger partial charge in [0, 0.05) is 35.8 Å². The number of hydrogen-bond donors (Lipinski definition) is 1. The van der Waals surface area contributed by atoms with Crippen molar-refractivity contribution in [2.75, 3.05) is 42.3 Å². The maximum atomic E-state index is 12.7. The van der Waals surface area contributed by atoms with Crippen LogP contribution in [0.2, 0.25) is 0 Å². The van der Waals surface area contributed by atoms with Gasteiger partial charge in [0.25, 0.3) is 0 Å². The smallest absolute Gasteiger partial charge is 0.234 e. The predicted molar refractivity (Wildman–Crippen MR) is 129 cm³/mol. The van der Waals surface area contributed by atoms with Gasteiger partial charge in [0.1, 0.15) is 0 Å². The second kappa shape index (κ2) is 9.79. The van der Waals surface area contributed by atoms with Crippen LogP contribution in [0.15, 0.2) is 59.8 Å². The van der Waals surface area contributed by atoms with Crippen LogP contribution in [-0.2, 0) is 22.4 Å². The average molecular weight is 449 g/mol. The van der Waals surface area contributed by atoms with Crippen molar-refractivity contribution in [2.24, 2.45) is 0 Å². The van der Waals surface area contributed by atoms with Crippen LogP contribution in [0.4, 0.5) is 11.4 Å². The number of carbonyl (C=O) groups is 1. The first kappa shape index (κ1) is 21.1. The lowest BCUT2D eigenvalue weighted by molar-refractivity contribution is -0.113. The van der Waals surface area contributed by atoms with Crippen LogP contribution in [0.3, 0.4) is 0 Å². The molecule has 1 aliphatic carbocycles. The molecule has 6 nitrogen and oxygen atoms in total. The molecule has 1 aromatic heterocycles. The minimum absolute atomic E-state index is 0.0188. The monoisotopic (exact) mass is 448 g/mol. The minimum Gasteiger partial charge on any atom is -0.378 e. The molecule has 1 N–H and O–H groups in total. The highest BCUT2D eigenvalue weighted by Crippen LogP contribution is 2.30. The number of aryl methyl sites for hydroxylation is 1. The fourth-order valence-corrected chi connectivity index (χ4v) is 5.21. The molecule has 32 heavy (non-hydrogen) atoms. The molecule has 0 radical (unpaired) electrons. The SMILES string of the molecule is O=C(CSc1nc2c(n1-c1ccccc1)CCCC2)Nc1ccc(N2CCOCC2)cc1. The summed E-state index contributed by atoms with van der Waals surface area (Å²) in [5.41, 5.74) is 5.57. The normalized spacial score (nSPS) is 15.9. The summed E-state index contributed by atoms with van der Waals surface area (Å²) in [6.07, 6.45) is 4.43. The number of para-hydroxylation sites is 1. The Morgan fingerprint density at radius 1 is 0.969 bits per heavy atom. The largest absolute Gasteiger partial charge is 0.378 e. The summed E-state index contributed by atoms with van der Waals surface area (Å²) in [5, 5.41) is 3.93. The van der Waals surface area contributed by atoms with Crippen molar-refractivity contribution in [3.63, 3.8) is 0 Å². The number of rotatable bonds is 6. The van der Waals surface area contributed by atoms with Crippen molar-refractivity contribution in [2.45, 2.75) is 30.8 Å². The number of nitrogens with one attached hydrogen (secondary N) is 1. The number of fused-ring (bicyclic) bond motifs is 1. The number of carbonyl (C=O) groups excluding carboxylic acids is 1. The third-order valence-electron chi connectivity index (χ3n) is 5.98. The summed E-state index contributed by atoms with van der Waals surface area (Å²) in [6, 6.07) is 18.4. The number of nitrogens with zero attached hydrogens (tertiary/aromatic N) is 3. The topological polar surface area (TPSA) is 59.4 Å². The van der Waals surface area contributed by atoms with Gasteiger partial charge in [-0.25, -0.2) is 4.98 Å². The van der Waals surface area contributed by atoms with Crippen LogP contribution in [0.5, 0.6) is 0 Å². The van der Waals surface area contributed by atoms with Gasteiger partial charge in [-0.1, -0.05) is 30.0 Å². The highest BCUT2D eigenvalue weighted by atomic mass is 32.2. The lowest BCUT2D eigenvalue weighted by atomic mass is 10.0. The summed E-state index contributed by atoms with van der Waals surface area (Å²) in [7, 11) is 0. The van der Waals surface area contributed by atoms with E-state index in [1.54, 1.807) is 0 Å². The van der Waals surface area contributed by atoms with Gasteiger partial charge >= 0.3 is 0 Å². The van der Waals surface area contributed by atoms with Crippen LogP contribution in [0.25, 0.3) is 5.69 Å². The Morgan fingerprint density at radius 2 is 1.72 bits per heavy atom. The summed E-state index contributed by atoms with van der Waals surface area (Å²) in [5.74, 6) is 0.309. The molecule has 2 aliphatic rings. The lowest BCUT2D eigenvalue weighted by Gasteiger charge is -2.28. The standard InChI is InChI=1S/C25H28N4O2S/c30-24(26-19-10-12-20(13-11-19)28-14-16-31-17-15-28)18-32-25-27-22-8-4-5-9-23(22)29(25)21-6-2-1-3-7-21/h1-3,6-7,10-13H,4-5,8-9,14-18H2,(H,26,30). The molecule has 0 bridgehead atoms. The Morgan fingerprint density at radius 3 is 2.50 bits per heavy atom. The quantitative estimate of drug-likeness (QED) is 0.569. The molecule has 0 unspecified atom stereocenters. The Hall–Kier alpha value is -2.77. The van der Waals surface area contributed by atoms with Crippen molar-refractivity contribution >= 4 is 29.0 Å². The van der Waals surface area contributed by atoms with Gasteiger partial charge in [0.2, 0.25) is 5.91 Å². The van der Waals surface area contributed by atoms with E-state index in [1.807, 2.05) is 30.3 Å². The van der Waals surface area contributed by atoms with E-state index in [2.05, 4.69) is 39.0 Å².